The van der Waals surface area contributed by atoms with Crippen LogP contribution in [0.1, 0.15) is 81.6 Å². The van der Waals surface area contributed by atoms with Gasteiger partial charge in [-0.05, 0) is 67.5 Å². The first-order valence-corrected chi connectivity index (χ1v) is 19.0. The molecule has 20 atom stereocenters. The number of hydrogen-bond donors (Lipinski definition) is 4. The summed E-state index contributed by atoms with van der Waals surface area (Å²) in [5.74, 6) is -3.98. The lowest BCUT2D eigenvalue weighted by molar-refractivity contribution is -0.321. The Morgan fingerprint density at radius 3 is 1.98 bits per heavy atom. The van der Waals surface area contributed by atoms with Crippen LogP contribution in [-0.2, 0) is 42.7 Å². The Morgan fingerprint density at radius 2 is 1.42 bits per heavy atom. The Morgan fingerprint density at radius 1 is 0.808 bits per heavy atom. The minimum absolute atomic E-state index is 0.0278. The molecule has 14 nitrogen and oxygen atoms in total. The minimum atomic E-state index is -1.73. The van der Waals surface area contributed by atoms with Crippen LogP contribution in [0.15, 0.2) is 0 Å². The van der Waals surface area contributed by atoms with Gasteiger partial charge >= 0.3 is 5.97 Å². The van der Waals surface area contributed by atoms with E-state index in [1.807, 2.05) is 41.8 Å². The number of ether oxygens (including phenoxy) is 8. The molecule has 3 heterocycles. The molecule has 4 fully saturated rings. The summed E-state index contributed by atoms with van der Waals surface area (Å²) in [4.78, 5) is 16.2. The number of fused-ring (bicyclic) bond motifs is 1. The summed E-state index contributed by atoms with van der Waals surface area (Å²) < 4.78 is 50.6. The Hall–Kier alpha value is -1.01. The van der Waals surface area contributed by atoms with Gasteiger partial charge in [0.15, 0.2) is 12.6 Å². The quantitative estimate of drug-likeness (QED) is 0.266. The smallest absolute Gasteiger partial charge is 0.311 e. The van der Waals surface area contributed by atoms with Crippen molar-refractivity contribution in [2.24, 2.45) is 29.6 Å². The SMILES string of the molecule is CO[C@H]1[C@H](O[C@@H]2[C@@H](C)[C@H](O[C@H]3C[C@@](C)(OC)[C@@H](O)[C@H](C)O3)[C@@H](C)C(=O)O[C@@H]3C(C)[C@]3(O)[C@H](O)[C@@H](C)[C@@H](O)[C@H](C)C[C@]2(C)OC)O[C@H](C)C[C@@H]1N(C)C. The molecule has 52 heavy (non-hydrogen) atoms. The van der Waals surface area contributed by atoms with E-state index in [0.29, 0.717) is 0 Å². The standard InChI is InChI=1S/C38H69NO13/c1-18-16-37(9,47-14)32(52-35-29(45-12)25(39(10)11)15-19(2)48-35)21(4)28(50-26-17-36(8,46-13)31(42)24(7)49-26)22(5)34(43)51-33-23(6)38(33,44)30(41)20(3)27(18)40/h18-33,35,40-42,44H,15-17H2,1-14H3/t18-,19-,20+,21+,22-,23?,24+,25+,26+,27+,28+,29-,30-,31+,32-,33-,35+,36-,37+,38+/m1/s1. The van der Waals surface area contributed by atoms with Crippen molar-refractivity contribution < 1.29 is 63.1 Å². The van der Waals surface area contributed by atoms with Gasteiger partial charge in [-0.25, -0.2) is 0 Å². The number of hydrogen-bond acceptors (Lipinski definition) is 14. The van der Waals surface area contributed by atoms with Crippen molar-refractivity contribution >= 4 is 5.97 Å². The average molecular weight is 748 g/mol. The van der Waals surface area contributed by atoms with E-state index in [1.54, 1.807) is 48.8 Å². The lowest BCUT2D eigenvalue weighted by Crippen LogP contribution is -2.61. The molecule has 0 amide bonds. The lowest BCUT2D eigenvalue weighted by Gasteiger charge is -2.50. The van der Waals surface area contributed by atoms with E-state index in [-0.39, 0.29) is 25.0 Å². The van der Waals surface area contributed by atoms with Crippen molar-refractivity contribution in [1.82, 2.24) is 4.90 Å². The fourth-order valence-electron chi connectivity index (χ4n) is 9.24. The van der Waals surface area contributed by atoms with Gasteiger partial charge in [-0.2, -0.15) is 0 Å². The first-order chi connectivity index (χ1) is 24.1. The van der Waals surface area contributed by atoms with Crippen LogP contribution in [0.5, 0.6) is 0 Å². The molecule has 0 aromatic rings. The fraction of sp³-hybridized carbons (Fsp3) is 0.974. The molecular weight excluding hydrogens is 678 g/mol. The van der Waals surface area contributed by atoms with Gasteiger partial charge in [0, 0.05) is 51.5 Å². The molecule has 0 bridgehead atoms. The molecule has 14 heteroatoms. The van der Waals surface area contributed by atoms with E-state index in [4.69, 9.17) is 37.9 Å². The molecular formula is C38H69NO13. The van der Waals surface area contributed by atoms with Gasteiger partial charge in [0.05, 0.1) is 53.7 Å². The van der Waals surface area contributed by atoms with E-state index >= 15 is 0 Å². The first-order valence-electron chi connectivity index (χ1n) is 19.0. The van der Waals surface area contributed by atoms with Gasteiger partial charge in [0.2, 0.25) is 0 Å². The average Bonchev–Trinajstić information content (AvgIpc) is 3.63. The normalized spacial score (nSPS) is 52.4. The van der Waals surface area contributed by atoms with Gasteiger partial charge in [0.25, 0.3) is 0 Å². The molecule has 0 aromatic carbocycles. The topological polar surface area (TPSA) is 175 Å². The number of methoxy groups -OCH3 is 3. The maximum atomic E-state index is 14.1. The number of rotatable bonds is 8. The molecule has 304 valence electrons. The third-order valence-corrected chi connectivity index (χ3v) is 13.1. The van der Waals surface area contributed by atoms with E-state index in [1.165, 1.54) is 7.11 Å². The predicted octanol–water partition coefficient (Wildman–Crippen LogP) is 2.11. The van der Waals surface area contributed by atoms with Crippen molar-refractivity contribution in [2.45, 2.75) is 172 Å². The summed E-state index contributed by atoms with van der Waals surface area (Å²) in [5, 5.41) is 45.6. The summed E-state index contributed by atoms with van der Waals surface area (Å²) in [6.45, 7) is 16.3. The van der Waals surface area contributed by atoms with E-state index in [0.717, 1.165) is 6.42 Å². The Balaban J connectivity index is 1.84. The molecule has 1 aliphatic carbocycles. The molecule has 0 aromatic heterocycles. The third kappa shape index (κ3) is 8.24. The number of esters is 1. The third-order valence-electron chi connectivity index (χ3n) is 13.1. The van der Waals surface area contributed by atoms with Gasteiger partial charge in [0.1, 0.15) is 23.9 Å². The van der Waals surface area contributed by atoms with Gasteiger partial charge in [-0.3, -0.25) is 4.79 Å². The van der Waals surface area contributed by atoms with Crippen LogP contribution in [0.3, 0.4) is 0 Å². The van der Waals surface area contributed by atoms with Crippen LogP contribution >= 0.6 is 0 Å². The maximum Gasteiger partial charge on any atom is 0.311 e. The molecule has 1 unspecified atom stereocenters. The molecule has 3 saturated heterocycles. The summed E-state index contributed by atoms with van der Waals surface area (Å²) in [6, 6.07) is -0.0278. The molecule has 4 N–H and O–H groups in total. The zero-order valence-electron chi connectivity index (χ0n) is 33.8. The summed E-state index contributed by atoms with van der Waals surface area (Å²) >= 11 is 0. The van der Waals surface area contributed by atoms with Crippen LogP contribution in [0.4, 0.5) is 0 Å². The number of aliphatic hydroxyl groups excluding tert-OH is 3. The molecule has 0 radical (unpaired) electrons. The highest BCUT2D eigenvalue weighted by Crippen LogP contribution is 2.52. The zero-order chi connectivity index (χ0) is 39.2. The molecule has 3 aliphatic heterocycles. The second-order valence-electron chi connectivity index (χ2n) is 17.0. The second-order valence-corrected chi connectivity index (χ2v) is 17.0. The zero-order valence-corrected chi connectivity index (χ0v) is 33.8. The van der Waals surface area contributed by atoms with Crippen LogP contribution in [0, 0.1) is 29.6 Å². The Kier molecular flexibility index (Phi) is 14.0. The molecule has 0 spiro atoms. The number of carbonyl (C=O) groups is 1. The minimum Gasteiger partial charge on any atom is -0.458 e. The number of nitrogens with zero attached hydrogens (tertiary/aromatic N) is 1. The largest absolute Gasteiger partial charge is 0.458 e. The number of likely N-dealkylation sites (N-methyl/N-ethyl adjacent to an activating group) is 1. The number of carbonyl (C=O) groups excluding carboxylic acids is 1. The highest BCUT2D eigenvalue weighted by Gasteiger charge is 2.70. The van der Waals surface area contributed by atoms with E-state index < -0.39 is 114 Å². The van der Waals surface area contributed by atoms with Crippen LogP contribution in [0.2, 0.25) is 0 Å². The fourth-order valence-corrected chi connectivity index (χ4v) is 9.24. The molecule has 4 rings (SSSR count). The molecule has 4 aliphatic rings. The highest BCUT2D eigenvalue weighted by molar-refractivity contribution is 5.73. The maximum absolute atomic E-state index is 14.1. The van der Waals surface area contributed by atoms with E-state index in [2.05, 4.69) is 4.90 Å². The first kappa shape index (κ1) is 43.7. The summed E-state index contributed by atoms with van der Waals surface area (Å²) in [6.07, 6.45) is -7.98. The van der Waals surface area contributed by atoms with Crippen LogP contribution < -0.4 is 0 Å². The number of aliphatic hydroxyl groups is 4. The summed E-state index contributed by atoms with van der Waals surface area (Å²) in [5.41, 5.74) is -3.85. The van der Waals surface area contributed by atoms with Crippen molar-refractivity contribution in [3.63, 3.8) is 0 Å². The van der Waals surface area contributed by atoms with Gasteiger partial charge in [-0.1, -0.05) is 27.7 Å². The lowest BCUT2D eigenvalue weighted by atomic mass is 9.74. The van der Waals surface area contributed by atoms with Crippen LogP contribution in [0.25, 0.3) is 0 Å². The molecule has 1 saturated carbocycles. The Labute approximate surface area is 310 Å². The van der Waals surface area contributed by atoms with Crippen LogP contribution in [-0.4, -0.2) is 157 Å². The van der Waals surface area contributed by atoms with Gasteiger partial charge < -0.3 is 63.2 Å². The van der Waals surface area contributed by atoms with Gasteiger partial charge in [-0.15, -0.1) is 0 Å². The second kappa shape index (κ2) is 16.6. The Bertz CT molecular complexity index is 1200. The highest BCUT2D eigenvalue weighted by atomic mass is 16.7. The monoisotopic (exact) mass is 747 g/mol. The summed E-state index contributed by atoms with van der Waals surface area (Å²) in [7, 11) is 8.71. The van der Waals surface area contributed by atoms with Crippen molar-refractivity contribution in [3.05, 3.63) is 0 Å². The predicted molar refractivity (Wildman–Crippen MR) is 190 cm³/mol. The van der Waals surface area contributed by atoms with Crippen molar-refractivity contribution in [1.29, 1.82) is 0 Å². The van der Waals surface area contributed by atoms with Crippen molar-refractivity contribution in [3.8, 4) is 0 Å². The van der Waals surface area contributed by atoms with Crippen molar-refractivity contribution in [2.75, 3.05) is 35.4 Å². The van der Waals surface area contributed by atoms with E-state index in [9.17, 15) is 25.2 Å².